The van der Waals surface area contributed by atoms with Crippen LogP contribution < -0.4 is 20.7 Å². The van der Waals surface area contributed by atoms with Crippen LogP contribution in [0.2, 0.25) is 5.02 Å². The van der Waals surface area contributed by atoms with Crippen LogP contribution in [0.15, 0.2) is 36.7 Å². The van der Waals surface area contributed by atoms with Crippen molar-refractivity contribution in [2.45, 2.75) is 13.8 Å². The highest BCUT2D eigenvalue weighted by Crippen LogP contribution is 2.27. The topological polar surface area (TPSA) is 106 Å². The summed E-state index contributed by atoms with van der Waals surface area (Å²) in [6.45, 7) is 4.60. The molecule has 0 unspecified atom stereocenters. The Morgan fingerprint density at radius 1 is 1.21 bits per heavy atom. The normalized spacial score (nSPS) is 10.5. The molecule has 10 heteroatoms. The molecule has 0 bridgehead atoms. The van der Waals surface area contributed by atoms with Crippen molar-refractivity contribution >= 4 is 29.1 Å². The van der Waals surface area contributed by atoms with E-state index in [-0.39, 0.29) is 6.03 Å². The smallest absolute Gasteiger partial charge is 0.319 e. The molecule has 0 saturated carbocycles. The molecule has 1 aromatic carbocycles. The lowest BCUT2D eigenvalue weighted by molar-refractivity contribution is 0.252. The van der Waals surface area contributed by atoms with Crippen molar-refractivity contribution in [3.63, 3.8) is 0 Å². The molecular formula is C19H22ClN7O2. The largest absolute Gasteiger partial charge is 0.495 e. The van der Waals surface area contributed by atoms with Crippen molar-refractivity contribution in [2.75, 3.05) is 30.8 Å². The number of halogens is 1. The molecule has 29 heavy (non-hydrogen) atoms. The maximum absolute atomic E-state index is 12.1. The Kier molecular flexibility index (Phi) is 6.50. The lowest BCUT2D eigenvalue weighted by Crippen LogP contribution is -2.32. The van der Waals surface area contributed by atoms with Crippen LogP contribution >= 0.6 is 11.6 Å². The summed E-state index contributed by atoms with van der Waals surface area (Å²) in [5.41, 5.74) is 0.497. The quantitative estimate of drug-likeness (QED) is 0.512. The Bertz CT molecular complexity index is 1010. The fourth-order valence-electron chi connectivity index (χ4n) is 2.70. The zero-order chi connectivity index (χ0) is 20.8. The Labute approximate surface area is 173 Å². The molecule has 3 rings (SSSR count). The second-order valence-electron chi connectivity index (χ2n) is 6.16. The van der Waals surface area contributed by atoms with Gasteiger partial charge >= 0.3 is 6.03 Å². The number of nitrogens with one attached hydrogen (secondary N) is 3. The van der Waals surface area contributed by atoms with E-state index in [4.69, 9.17) is 16.3 Å². The lowest BCUT2D eigenvalue weighted by atomic mass is 10.3. The van der Waals surface area contributed by atoms with Crippen LogP contribution in [0, 0.1) is 13.8 Å². The van der Waals surface area contributed by atoms with Crippen LogP contribution in [-0.2, 0) is 0 Å². The number of carbonyl (C=O) groups excluding carboxylic acids is 1. The van der Waals surface area contributed by atoms with Crippen molar-refractivity contribution < 1.29 is 9.53 Å². The molecule has 2 heterocycles. The zero-order valence-corrected chi connectivity index (χ0v) is 17.1. The van der Waals surface area contributed by atoms with E-state index in [1.54, 1.807) is 24.4 Å². The summed E-state index contributed by atoms with van der Waals surface area (Å²) in [7, 11) is 1.53. The van der Waals surface area contributed by atoms with Crippen LogP contribution in [0.25, 0.3) is 5.82 Å². The molecule has 0 aliphatic carbocycles. The summed E-state index contributed by atoms with van der Waals surface area (Å²) in [5, 5.41) is 9.18. The molecule has 3 N–H and O–H groups in total. The Morgan fingerprint density at radius 3 is 2.76 bits per heavy atom. The second-order valence-corrected chi connectivity index (χ2v) is 6.59. The highest BCUT2D eigenvalue weighted by molar-refractivity contribution is 6.31. The SMILES string of the molecule is COc1ccc(Cl)cc1NC(=O)NCCNc1cc(-n2ccnc2C)nc(C)n1. The number of anilines is 2. The van der Waals surface area contributed by atoms with Gasteiger partial charge in [0.1, 0.15) is 29.0 Å². The van der Waals surface area contributed by atoms with E-state index < -0.39 is 0 Å². The third kappa shape index (κ3) is 5.35. The Hall–Kier alpha value is -3.33. The number of aryl methyl sites for hydroxylation is 2. The number of ether oxygens (including phenoxy) is 1. The van der Waals surface area contributed by atoms with Gasteiger partial charge < -0.3 is 20.7 Å². The highest BCUT2D eigenvalue weighted by atomic mass is 35.5. The number of aromatic nitrogens is 4. The van der Waals surface area contributed by atoms with E-state index in [0.29, 0.717) is 41.2 Å². The summed E-state index contributed by atoms with van der Waals surface area (Å²) < 4.78 is 7.09. The van der Waals surface area contributed by atoms with Crippen molar-refractivity contribution in [1.29, 1.82) is 0 Å². The average molecular weight is 416 g/mol. The number of carbonyl (C=O) groups is 1. The van der Waals surface area contributed by atoms with Gasteiger partial charge in [0.05, 0.1) is 12.8 Å². The summed E-state index contributed by atoms with van der Waals surface area (Å²) in [5.74, 6) is 3.40. The molecule has 0 fully saturated rings. The number of hydrogen-bond donors (Lipinski definition) is 3. The van der Waals surface area contributed by atoms with E-state index in [2.05, 4.69) is 30.9 Å². The maximum atomic E-state index is 12.1. The van der Waals surface area contributed by atoms with Crippen molar-refractivity contribution in [1.82, 2.24) is 24.8 Å². The zero-order valence-electron chi connectivity index (χ0n) is 16.4. The number of hydrogen-bond acceptors (Lipinski definition) is 6. The van der Waals surface area contributed by atoms with Crippen LogP contribution in [0.1, 0.15) is 11.6 Å². The van der Waals surface area contributed by atoms with E-state index in [9.17, 15) is 4.79 Å². The van der Waals surface area contributed by atoms with Crippen LogP contribution in [0.4, 0.5) is 16.3 Å². The van der Waals surface area contributed by atoms with Crippen LogP contribution in [-0.4, -0.2) is 45.7 Å². The number of rotatable bonds is 7. The Morgan fingerprint density at radius 2 is 2.03 bits per heavy atom. The molecule has 0 saturated heterocycles. The van der Waals surface area contributed by atoms with E-state index in [1.807, 2.05) is 30.7 Å². The molecule has 0 aliphatic rings. The predicted octanol–water partition coefficient (Wildman–Crippen LogP) is 3.17. The number of methoxy groups -OCH3 is 1. The molecule has 0 radical (unpaired) electrons. The first-order chi connectivity index (χ1) is 14.0. The fourth-order valence-corrected chi connectivity index (χ4v) is 2.87. The summed E-state index contributed by atoms with van der Waals surface area (Å²) >= 11 is 5.97. The fraction of sp³-hybridized carbons (Fsp3) is 0.263. The molecule has 0 spiro atoms. The summed E-state index contributed by atoms with van der Waals surface area (Å²) in [6.07, 6.45) is 3.56. The monoisotopic (exact) mass is 415 g/mol. The Balaban J connectivity index is 1.53. The van der Waals surface area contributed by atoms with Crippen molar-refractivity contribution in [3.05, 3.63) is 53.3 Å². The van der Waals surface area contributed by atoms with Crippen molar-refractivity contribution in [2.24, 2.45) is 0 Å². The maximum Gasteiger partial charge on any atom is 0.319 e. The van der Waals surface area contributed by atoms with Crippen LogP contribution in [0.3, 0.4) is 0 Å². The molecule has 9 nitrogen and oxygen atoms in total. The number of imidazole rings is 1. The number of benzene rings is 1. The minimum absolute atomic E-state index is 0.360. The first-order valence-electron chi connectivity index (χ1n) is 8.94. The summed E-state index contributed by atoms with van der Waals surface area (Å²) in [4.78, 5) is 25.1. The molecular weight excluding hydrogens is 394 g/mol. The molecule has 0 atom stereocenters. The highest BCUT2D eigenvalue weighted by Gasteiger charge is 2.09. The standard InChI is InChI=1S/C19H22ClN7O2/c1-12-24-17(11-18(25-12)27-9-8-21-13(27)2)22-6-7-23-19(28)26-15-10-14(20)4-5-16(15)29-3/h4-5,8-11H,6-7H2,1-3H3,(H,22,24,25)(H2,23,26,28). The van der Waals surface area contributed by atoms with Gasteiger partial charge in [-0.25, -0.2) is 19.7 Å². The molecule has 3 aromatic rings. The molecule has 2 aromatic heterocycles. The van der Waals surface area contributed by atoms with E-state index in [0.717, 1.165) is 11.6 Å². The molecule has 2 amide bonds. The van der Waals surface area contributed by atoms with Crippen molar-refractivity contribution in [3.8, 4) is 11.6 Å². The van der Waals surface area contributed by atoms with Gasteiger partial charge in [-0.2, -0.15) is 0 Å². The third-order valence-corrected chi connectivity index (χ3v) is 4.26. The van der Waals surface area contributed by atoms with Gasteiger partial charge in [0, 0.05) is 36.6 Å². The molecule has 152 valence electrons. The van der Waals surface area contributed by atoms with Gasteiger partial charge in [0.2, 0.25) is 0 Å². The van der Waals surface area contributed by atoms with E-state index >= 15 is 0 Å². The number of amides is 2. The first-order valence-corrected chi connectivity index (χ1v) is 9.32. The van der Waals surface area contributed by atoms with Gasteiger partial charge in [-0.15, -0.1) is 0 Å². The van der Waals surface area contributed by atoms with Gasteiger partial charge in [-0.3, -0.25) is 4.57 Å². The average Bonchev–Trinajstić information content (AvgIpc) is 3.11. The minimum Gasteiger partial charge on any atom is -0.495 e. The van der Waals surface area contributed by atoms with Gasteiger partial charge in [0.15, 0.2) is 0 Å². The van der Waals surface area contributed by atoms with E-state index in [1.165, 1.54) is 7.11 Å². The predicted molar refractivity (Wildman–Crippen MR) is 112 cm³/mol. The minimum atomic E-state index is -0.360. The van der Waals surface area contributed by atoms with Gasteiger partial charge in [-0.1, -0.05) is 11.6 Å². The second kappa shape index (κ2) is 9.24. The summed E-state index contributed by atoms with van der Waals surface area (Å²) in [6, 6.07) is 6.48. The van der Waals surface area contributed by atoms with Gasteiger partial charge in [-0.05, 0) is 32.0 Å². The van der Waals surface area contributed by atoms with Gasteiger partial charge in [0.25, 0.3) is 0 Å². The number of urea groups is 1. The number of nitrogens with zero attached hydrogens (tertiary/aromatic N) is 4. The van der Waals surface area contributed by atoms with Crippen LogP contribution in [0.5, 0.6) is 5.75 Å². The first kappa shape index (κ1) is 20.4. The third-order valence-electron chi connectivity index (χ3n) is 4.02. The molecule has 0 aliphatic heterocycles. The lowest BCUT2D eigenvalue weighted by Gasteiger charge is -2.12.